The van der Waals surface area contributed by atoms with Gasteiger partial charge in [-0.3, -0.25) is 14.4 Å². The van der Waals surface area contributed by atoms with E-state index >= 15 is 0 Å². The SMILES string of the molecule is O=C(Cn1nc(-c2ccccc2)ccc1=O)NCCn1nc(-c2ccco2)ccc1=O. The molecule has 0 aliphatic carbocycles. The van der Waals surface area contributed by atoms with Gasteiger partial charge in [0.25, 0.3) is 11.1 Å². The summed E-state index contributed by atoms with van der Waals surface area (Å²) in [6.07, 6.45) is 1.52. The Balaban J connectivity index is 1.39. The molecule has 0 atom stereocenters. The summed E-state index contributed by atoms with van der Waals surface area (Å²) < 4.78 is 7.65. The summed E-state index contributed by atoms with van der Waals surface area (Å²) in [5.41, 5.74) is 1.29. The van der Waals surface area contributed by atoms with E-state index in [1.165, 1.54) is 23.1 Å². The highest BCUT2D eigenvalue weighted by Gasteiger charge is 2.09. The molecule has 156 valence electrons. The molecule has 0 radical (unpaired) electrons. The highest BCUT2D eigenvalue weighted by atomic mass is 16.3. The number of nitrogens with one attached hydrogen (secondary N) is 1. The molecule has 1 amide bonds. The number of rotatable bonds is 7. The van der Waals surface area contributed by atoms with Gasteiger partial charge in [-0.25, -0.2) is 9.36 Å². The molecule has 3 aromatic heterocycles. The van der Waals surface area contributed by atoms with Crippen molar-refractivity contribution in [2.75, 3.05) is 6.54 Å². The minimum atomic E-state index is -0.393. The van der Waals surface area contributed by atoms with Crippen molar-refractivity contribution in [2.24, 2.45) is 0 Å². The zero-order valence-corrected chi connectivity index (χ0v) is 16.5. The highest BCUT2D eigenvalue weighted by Crippen LogP contribution is 2.15. The quantitative estimate of drug-likeness (QED) is 0.488. The summed E-state index contributed by atoms with van der Waals surface area (Å²) >= 11 is 0. The third kappa shape index (κ3) is 4.84. The van der Waals surface area contributed by atoms with Gasteiger partial charge in [0.15, 0.2) is 5.76 Å². The van der Waals surface area contributed by atoms with E-state index in [4.69, 9.17) is 4.42 Å². The lowest BCUT2D eigenvalue weighted by molar-refractivity contribution is -0.121. The molecule has 31 heavy (non-hydrogen) atoms. The highest BCUT2D eigenvalue weighted by molar-refractivity contribution is 5.75. The van der Waals surface area contributed by atoms with Gasteiger partial charge in [-0.2, -0.15) is 10.2 Å². The van der Waals surface area contributed by atoms with Gasteiger partial charge < -0.3 is 9.73 Å². The Labute approximate surface area is 176 Å². The number of hydrogen-bond acceptors (Lipinski definition) is 6. The predicted molar refractivity (Wildman–Crippen MR) is 113 cm³/mol. The van der Waals surface area contributed by atoms with Crippen molar-refractivity contribution in [1.82, 2.24) is 24.9 Å². The number of nitrogens with zero attached hydrogens (tertiary/aromatic N) is 4. The fourth-order valence-corrected chi connectivity index (χ4v) is 2.98. The second kappa shape index (κ2) is 9.04. The molecule has 0 fully saturated rings. The van der Waals surface area contributed by atoms with Crippen LogP contribution in [0.2, 0.25) is 0 Å². The maximum Gasteiger partial charge on any atom is 0.267 e. The molecule has 1 N–H and O–H groups in total. The molecule has 3 heterocycles. The Morgan fingerprint density at radius 2 is 1.55 bits per heavy atom. The molecule has 9 heteroatoms. The van der Waals surface area contributed by atoms with Gasteiger partial charge in [0.05, 0.1) is 18.5 Å². The first-order valence-electron chi connectivity index (χ1n) is 9.62. The molecule has 4 rings (SSSR count). The second-order valence-corrected chi connectivity index (χ2v) is 6.69. The molecule has 0 saturated heterocycles. The molecule has 0 aliphatic heterocycles. The van der Waals surface area contributed by atoms with Crippen LogP contribution in [0.25, 0.3) is 22.7 Å². The summed E-state index contributed by atoms with van der Waals surface area (Å²) in [5, 5.41) is 11.2. The molecule has 0 saturated carbocycles. The molecule has 0 aliphatic rings. The average molecular weight is 417 g/mol. The van der Waals surface area contributed by atoms with Crippen LogP contribution in [0, 0.1) is 0 Å². The van der Waals surface area contributed by atoms with E-state index in [2.05, 4.69) is 15.5 Å². The van der Waals surface area contributed by atoms with Crippen LogP contribution in [0.5, 0.6) is 0 Å². The van der Waals surface area contributed by atoms with Crippen molar-refractivity contribution in [2.45, 2.75) is 13.1 Å². The van der Waals surface area contributed by atoms with Crippen LogP contribution in [-0.2, 0) is 17.9 Å². The van der Waals surface area contributed by atoms with E-state index in [-0.39, 0.29) is 30.8 Å². The van der Waals surface area contributed by atoms with Crippen molar-refractivity contribution < 1.29 is 9.21 Å². The average Bonchev–Trinajstić information content (AvgIpc) is 3.32. The maximum atomic E-state index is 12.3. The Bertz CT molecular complexity index is 1290. The monoisotopic (exact) mass is 417 g/mol. The van der Waals surface area contributed by atoms with Gasteiger partial charge in [0.2, 0.25) is 5.91 Å². The largest absolute Gasteiger partial charge is 0.463 e. The van der Waals surface area contributed by atoms with E-state index < -0.39 is 5.91 Å². The fourth-order valence-electron chi connectivity index (χ4n) is 2.98. The summed E-state index contributed by atoms with van der Waals surface area (Å²) in [6, 6.07) is 18.8. The second-order valence-electron chi connectivity index (χ2n) is 6.69. The van der Waals surface area contributed by atoms with E-state index in [1.807, 2.05) is 30.3 Å². The topological polar surface area (TPSA) is 112 Å². The minimum Gasteiger partial charge on any atom is -0.463 e. The summed E-state index contributed by atoms with van der Waals surface area (Å²) in [7, 11) is 0. The third-order valence-corrected chi connectivity index (χ3v) is 4.52. The van der Waals surface area contributed by atoms with Gasteiger partial charge in [0, 0.05) is 24.2 Å². The molecule has 0 spiro atoms. The Kier molecular flexibility index (Phi) is 5.84. The molecule has 0 unspecified atom stereocenters. The number of carbonyl (C=O) groups is 1. The number of hydrogen-bond donors (Lipinski definition) is 1. The molecular weight excluding hydrogens is 398 g/mol. The standard InChI is InChI=1S/C22H19N5O4/c28-20(15-27-22(30)10-8-17(24-27)16-5-2-1-3-6-16)23-12-13-26-21(29)11-9-18(25-26)19-7-4-14-31-19/h1-11,14H,12-13,15H2,(H,23,28). The lowest BCUT2D eigenvalue weighted by Crippen LogP contribution is -2.36. The maximum absolute atomic E-state index is 12.3. The zero-order valence-electron chi connectivity index (χ0n) is 16.5. The Hall–Kier alpha value is -4.27. The minimum absolute atomic E-state index is 0.167. The first-order valence-corrected chi connectivity index (χ1v) is 9.62. The third-order valence-electron chi connectivity index (χ3n) is 4.52. The normalized spacial score (nSPS) is 10.7. The number of carbonyl (C=O) groups excluding carboxylic acids is 1. The van der Waals surface area contributed by atoms with E-state index in [9.17, 15) is 14.4 Å². The van der Waals surface area contributed by atoms with Gasteiger partial charge in [-0.15, -0.1) is 0 Å². The smallest absolute Gasteiger partial charge is 0.267 e. The molecule has 1 aromatic carbocycles. The van der Waals surface area contributed by atoms with E-state index in [1.54, 1.807) is 24.3 Å². The Morgan fingerprint density at radius 1 is 0.839 bits per heavy atom. The molecule has 4 aromatic rings. The Morgan fingerprint density at radius 3 is 2.29 bits per heavy atom. The van der Waals surface area contributed by atoms with Gasteiger partial charge >= 0.3 is 0 Å². The summed E-state index contributed by atoms with van der Waals surface area (Å²) in [6.45, 7) is 0.111. The first kappa shape index (κ1) is 20.0. The van der Waals surface area contributed by atoms with Crippen LogP contribution in [0.4, 0.5) is 0 Å². The summed E-state index contributed by atoms with van der Waals surface area (Å²) in [4.78, 5) is 36.4. The van der Waals surface area contributed by atoms with Crippen molar-refractivity contribution in [3.63, 3.8) is 0 Å². The van der Waals surface area contributed by atoms with Crippen LogP contribution >= 0.6 is 0 Å². The predicted octanol–water partition coefficient (Wildman–Crippen LogP) is 1.54. The van der Waals surface area contributed by atoms with Crippen LogP contribution in [0.3, 0.4) is 0 Å². The molecule has 9 nitrogen and oxygen atoms in total. The first-order chi connectivity index (χ1) is 15.1. The van der Waals surface area contributed by atoms with E-state index in [0.717, 1.165) is 10.2 Å². The molecule has 0 bridgehead atoms. The fraction of sp³-hybridized carbons (Fsp3) is 0.136. The van der Waals surface area contributed by atoms with Crippen molar-refractivity contribution >= 4 is 5.91 Å². The molecular formula is C22H19N5O4. The van der Waals surface area contributed by atoms with Crippen molar-refractivity contribution in [3.05, 3.63) is 93.7 Å². The lowest BCUT2D eigenvalue weighted by Gasteiger charge is -2.09. The summed E-state index contributed by atoms with van der Waals surface area (Å²) in [5.74, 6) is 0.150. The van der Waals surface area contributed by atoms with Crippen LogP contribution in [0.15, 0.2) is 87.0 Å². The number of benzene rings is 1. The van der Waals surface area contributed by atoms with Crippen LogP contribution < -0.4 is 16.4 Å². The van der Waals surface area contributed by atoms with Crippen molar-refractivity contribution in [1.29, 1.82) is 0 Å². The lowest BCUT2D eigenvalue weighted by atomic mass is 10.1. The van der Waals surface area contributed by atoms with Crippen LogP contribution in [-0.4, -0.2) is 32.0 Å². The van der Waals surface area contributed by atoms with Crippen LogP contribution in [0.1, 0.15) is 0 Å². The van der Waals surface area contributed by atoms with Crippen molar-refractivity contribution in [3.8, 4) is 22.7 Å². The van der Waals surface area contributed by atoms with Gasteiger partial charge in [-0.05, 0) is 24.3 Å². The number of aromatic nitrogens is 4. The van der Waals surface area contributed by atoms with Gasteiger partial charge in [0.1, 0.15) is 12.2 Å². The zero-order chi connectivity index (χ0) is 21.6. The van der Waals surface area contributed by atoms with E-state index in [0.29, 0.717) is 17.1 Å². The number of furan rings is 1. The number of amides is 1. The van der Waals surface area contributed by atoms with Gasteiger partial charge in [-0.1, -0.05) is 30.3 Å².